The predicted octanol–water partition coefficient (Wildman–Crippen LogP) is 1.58. The zero-order valence-electron chi connectivity index (χ0n) is 18.3. The van der Waals surface area contributed by atoms with Gasteiger partial charge in [-0.3, -0.25) is 9.59 Å². The lowest BCUT2D eigenvalue weighted by molar-refractivity contribution is -0.132. The zero-order valence-corrected chi connectivity index (χ0v) is 18.3. The molecule has 4 rings (SSSR count). The monoisotopic (exact) mass is 442 g/mol. The summed E-state index contributed by atoms with van der Waals surface area (Å²) < 4.78 is 0. The highest BCUT2D eigenvalue weighted by Crippen LogP contribution is 2.21. The van der Waals surface area contributed by atoms with Crippen LogP contribution in [0, 0.1) is 11.8 Å². The van der Waals surface area contributed by atoms with E-state index in [-0.39, 0.29) is 24.7 Å². The third-order valence-electron chi connectivity index (χ3n) is 5.85. The highest BCUT2D eigenvalue weighted by molar-refractivity contribution is 6.66. The molecular formula is C26H26N4O3. The molecule has 0 bridgehead atoms. The highest BCUT2D eigenvalue weighted by Gasteiger charge is 2.25. The van der Waals surface area contributed by atoms with Gasteiger partial charge in [-0.15, -0.1) is 0 Å². The molecule has 2 aromatic carbocycles. The number of benzene rings is 2. The minimum Gasteiger partial charge on any atom is -0.396 e. The maximum absolute atomic E-state index is 11.9. The van der Waals surface area contributed by atoms with Crippen molar-refractivity contribution in [2.75, 3.05) is 19.7 Å². The van der Waals surface area contributed by atoms with Gasteiger partial charge in [0.15, 0.2) is 0 Å². The second-order valence-corrected chi connectivity index (χ2v) is 8.18. The highest BCUT2D eigenvalue weighted by atomic mass is 16.3. The molecule has 7 heteroatoms. The number of aliphatic imine (C=N–C) groups is 2. The number of hydrogen-bond acceptors (Lipinski definition) is 6. The summed E-state index contributed by atoms with van der Waals surface area (Å²) in [6.45, 7) is 2.80. The van der Waals surface area contributed by atoms with Crippen LogP contribution in [-0.4, -0.2) is 54.6 Å². The Kier molecular flexibility index (Phi) is 7.53. The fourth-order valence-corrected chi connectivity index (χ4v) is 3.84. The normalized spacial score (nSPS) is 18.6. The van der Waals surface area contributed by atoms with Crippen molar-refractivity contribution in [3.8, 4) is 11.8 Å². The maximum Gasteiger partial charge on any atom is 0.320 e. The molecule has 0 aromatic heterocycles. The first-order chi connectivity index (χ1) is 16.1. The van der Waals surface area contributed by atoms with Crippen LogP contribution in [0.5, 0.6) is 0 Å². The van der Waals surface area contributed by atoms with E-state index in [4.69, 9.17) is 0 Å². The number of carbonyl (C=O) groups is 2. The number of carbonyl (C=O) groups excluding carboxylic acids is 2. The van der Waals surface area contributed by atoms with E-state index < -0.39 is 11.7 Å². The lowest BCUT2D eigenvalue weighted by atomic mass is 9.92. The summed E-state index contributed by atoms with van der Waals surface area (Å²) in [6, 6.07) is 16.3. The van der Waals surface area contributed by atoms with E-state index in [9.17, 15) is 14.7 Å². The molecule has 1 unspecified atom stereocenters. The summed E-state index contributed by atoms with van der Waals surface area (Å²) in [5, 5.41) is 16.7. The second kappa shape index (κ2) is 10.9. The van der Waals surface area contributed by atoms with Crippen molar-refractivity contribution in [2.45, 2.75) is 31.3 Å². The van der Waals surface area contributed by atoms with Crippen LogP contribution in [0.25, 0.3) is 0 Å². The van der Waals surface area contributed by atoms with Gasteiger partial charge in [-0.2, -0.15) is 4.99 Å². The van der Waals surface area contributed by atoms with Gasteiger partial charge in [0.05, 0.1) is 12.3 Å². The van der Waals surface area contributed by atoms with Crippen LogP contribution >= 0.6 is 0 Å². The number of Topliss-reactive ketones (excluding diaryl/α,β-unsaturated/α-hetero) is 1. The Hall–Kier alpha value is -3.44. The SMILES string of the molecule is O=C1N=CN=C(CC(CO)c2ccc(C#Cc3ccc(CN[C@@H]4CCNC4)cc3)cc2)C1=O. The molecule has 1 amide bonds. The number of aliphatic hydroxyl groups excluding tert-OH is 1. The van der Waals surface area contributed by atoms with E-state index >= 15 is 0 Å². The number of ketones is 1. The summed E-state index contributed by atoms with van der Waals surface area (Å²) in [7, 11) is 0. The molecule has 0 aliphatic carbocycles. The van der Waals surface area contributed by atoms with Crippen molar-refractivity contribution in [1.82, 2.24) is 10.6 Å². The Labute approximate surface area is 193 Å². The molecule has 3 N–H and O–H groups in total. The van der Waals surface area contributed by atoms with E-state index in [1.54, 1.807) is 0 Å². The topological polar surface area (TPSA) is 103 Å². The van der Waals surface area contributed by atoms with Crippen LogP contribution in [0.2, 0.25) is 0 Å². The summed E-state index contributed by atoms with van der Waals surface area (Å²) in [4.78, 5) is 30.6. The quantitative estimate of drug-likeness (QED) is 0.446. The van der Waals surface area contributed by atoms with Crippen LogP contribution in [0.1, 0.15) is 41.0 Å². The molecule has 7 nitrogen and oxygen atoms in total. The van der Waals surface area contributed by atoms with Crippen molar-refractivity contribution < 1.29 is 14.7 Å². The van der Waals surface area contributed by atoms with E-state index in [0.717, 1.165) is 42.7 Å². The standard InChI is InChI=1S/C26H26N4O3/c31-16-22(13-24-25(32)26(33)30-17-29-24)21-9-7-19(8-10-21)2-1-18-3-5-20(6-4-18)14-28-23-11-12-27-15-23/h3-10,17,22-23,27-28,31H,11-16H2/t22?,23-/m1/s1. The molecule has 2 heterocycles. The van der Waals surface area contributed by atoms with Crippen molar-refractivity contribution >= 4 is 23.7 Å². The molecule has 0 radical (unpaired) electrons. The fraction of sp³-hybridized carbons (Fsp3) is 0.308. The molecule has 2 aliphatic heterocycles. The van der Waals surface area contributed by atoms with Crippen molar-refractivity contribution in [2.24, 2.45) is 9.98 Å². The van der Waals surface area contributed by atoms with Crippen molar-refractivity contribution in [3.05, 3.63) is 70.8 Å². The molecule has 1 fully saturated rings. The van der Waals surface area contributed by atoms with Gasteiger partial charge in [0.1, 0.15) is 6.34 Å². The largest absolute Gasteiger partial charge is 0.396 e. The molecule has 33 heavy (non-hydrogen) atoms. The number of nitrogens with one attached hydrogen (secondary N) is 2. The predicted molar refractivity (Wildman–Crippen MR) is 127 cm³/mol. The summed E-state index contributed by atoms with van der Waals surface area (Å²) in [6.07, 6.45) is 2.43. The van der Waals surface area contributed by atoms with Gasteiger partial charge in [-0.25, -0.2) is 4.99 Å². The summed E-state index contributed by atoms with van der Waals surface area (Å²) >= 11 is 0. The minimum atomic E-state index is -0.822. The average Bonchev–Trinajstić information content (AvgIpc) is 3.37. The van der Waals surface area contributed by atoms with Gasteiger partial charge in [0.2, 0.25) is 0 Å². The minimum absolute atomic E-state index is 0.122. The third-order valence-corrected chi connectivity index (χ3v) is 5.85. The zero-order chi connectivity index (χ0) is 23.0. The average molecular weight is 443 g/mol. The first kappa shape index (κ1) is 22.7. The molecule has 2 atom stereocenters. The Bertz CT molecular complexity index is 1120. The van der Waals surface area contributed by atoms with Crippen molar-refractivity contribution in [3.63, 3.8) is 0 Å². The van der Waals surface area contributed by atoms with E-state index in [0.29, 0.717) is 6.04 Å². The Balaban J connectivity index is 1.35. The van der Waals surface area contributed by atoms with Gasteiger partial charge < -0.3 is 15.7 Å². The first-order valence-corrected chi connectivity index (χ1v) is 11.1. The third kappa shape index (κ3) is 6.08. The van der Waals surface area contributed by atoms with E-state index in [1.807, 2.05) is 36.4 Å². The van der Waals surface area contributed by atoms with Crippen LogP contribution in [0.3, 0.4) is 0 Å². The van der Waals surface area contributed by atoms with Crippen LogP contribution in [0.4, 0.5) is 0 Å². The Morgan fingerprint density at radius 2 is 1.76 bits per heavy atom. The summed E-state index contributed by atoms with van der Waals surface area (Å²) in [5.41, 5.74) is 4.00. The van der Waals surface area contributed by atoms with Crippen LogP contribution < -0.4 is 10.6 Å². The second-order valence-electron chi connectivity index (χ2n) is 8.18. The lowest BCUT2D eigenvalue weighted by Crippen LogP contribution is -2.30. The summed E-state index contributed by atoms with van der Waals surface area (Å²) in [5.74, 6) is 4.47. The number of rotatable bonds is 7. The molecule has 0 saturated carbocycles. The molecule has 1 saturated heterocycles. The Morgan fingerprint density at radius 1 is 1.06 bits per heavy atom. The van der Waals surface area contributed by atoms with Gasteiger partial charge in [0.25, 0.3) is 5.78 Å². The lowest BCUT2D eigenvalue weighted by Gasteiger charge is -2.15. The molecule has 2 aromatic rings. The molecular weight excluding hydrogens is 416 g/mol. The molecule has 168 valence electrons. The fourth-order valence-electron chi connectivity index (χ4n) is 3.84. The number of aliphatic hydroxyl groups is 1. The van der Waals surface area contributed by atoms with Gasteiger partial charge >= 0.3 is 5.91 Å². The van der Waals surface area contributed by atoms with Gasteiger partial charge in [-0.05, 0) is 48.4 Å². The number of hydrogen-bond donors (Lipinski definition) is 3. The molecule has 0 spiro atoms. The van der Waals surface area contributed by atoms with E-state index in [1.165, 1.54) is 12.0 Å². The Morgan fingerprint density at radius 3 is 2.39 bits per heavy atom. The maximum atomic E-state index is 11.9. The van der Waals surface area contributed by atoms with Crippen LogP contribution in [0.15, 0.2) is 58.5 Å². The van der Waals surface area contributed by atoms with Crippen LogP contribution in [-0.2, 0) is 16.1 Å². The number of amides is 1. The number of nitrogens with zero attached hydrogens (tertiary/aromatic N) is 2. The van der Waals surface area contributed by atoms with Crippen molar-refractivity contribution in [1.29, 1.82) is 0 Å². The van der Waals surface area contributed by atoms with Gasteiger partial charge in [0, 0.05) is 42.6 Å². The van der Waals surface area contributed by atoms with Gasteiger partial charge in [-0.1, -0.05) is 36.1 Å². The molecule has 2 aliphatic rings. The first-order valence-electron chi connectivity index (χ1n) is 11.1. The van der Waals surface area contributed by atoms with E-state index in [2.05, 4.69) is 44.6 Å². The smallest absolute Gasteiger partial charge is 0.320 e.